The van der Waals surface area contributed by atoms with Crippen molar-refractivity contribution >= 4 is 0 Å². The summed E-state index contributed by atoms with van der Waals surface area (Å²) in [6.45, 7) is 4.86. The summed E-state index contributed by atoms with van der Waals surface area (Å²) in [6, 6.07) is 7.68. The molecular formula is C14H17N3O2. The van der Waals surface area contributed by atoms with Crippen molar-refractivity contribution in [1.29, 1.82) is 0 Å². The molecule has 0 amide bonds. The molecule has 100 valence electrons. The molecule has 0 aliphatic heterocycles. The number of rotatable bonds is 5. The van der Waals surface area contributed by atoms with E-state index in [-0.39, 0.29) is 0 Å². The van der Waals surface area contributed by atoms with Crippen molar-refractivity contribution in [1.82, 2.24) is 9.97 Å². The smallest absolute Gasteiger partial charge is 0.322 e. The van der Waals surface area contributed by atoms with Crippen LogP contribution in [-0.4, -0.2) is 16.6 Å². The van der Waals surface area contributed by atoms with Gasteiger partial charge in [0.2, 0.25) is 0 Å². The van der Waals surface area contributed by atoms with Gasteiger partial charge in [0, 0.05) is 30.1 Å². The summed E-state index contributed by atoms with van der Waals surface area (Å²) in [6.07, 6.45) is 1.68. The molecule has 1 heterocycles. The van der Waals surface area contributed by atoms with E-state index < -0.39 is 0 Å². The molecule has 0 radical (unpaired) electrons. The lowest BCUT2D eigenvalue weighted by Gasteiger charge is -2.08. The average Bonchev–Trinajstić information content (AvgIpc) is 2.40. The molecule has 0 aliphatic rings. The third kappa shape index (κ3) is 3.42. The van der Waals surface area contributed by atoms with Crippen LogP contribution in [0.2, 0.25) is 0 Å². The number of nitrogens with zero attached hydrogens (tertiary/aromatic N) is 2. The van der Waals surface area contributed by atoms with Crippen molar-refractivity contribution in [3.05, 3.63) is 41.7 Å². The minimum Gasteiger partial charge on any atom is -0.494 e. The number of ether oxygens (including phenoxy) is 2. The van der Waals surface area contributed by atoms with Gasteiger partial charge in [-0.3, -0.25) is 0 Å². The second kappa shape index (κ2) is 6.15. The maximum absolute atomic E-state index is 5.60. The molecule has 0 saturated heterocycles. The lowest BCUT2D eigenvalue weighted by Crippen LogP contribution is -2.03. The first-order chi connectivity index (χ1) is 9.22. The molecule has 2 N–H and O–H groups in total. The number of aryl methyl sites for hydroxylation is 1. The predicted molar refractivity (Wildman–Crippen MR) is 72.3 cm³/mol. The maximum atomic E-state index is 5.60. The zero-order chi connectivity index (χ0) is 13.7. The summed E-state index contributed by atoms with van der Waals surface area (Å²) in [4.78, 5) is 8.39. The van der Waals surface area contributed by atoms with E-state index in [0.717, 1.165) is 17.0 Å². The van der Waals surface area contributed by atoms with Gasteiger partial charge in [-0.15, -0.1) is 0 Å². The van der Waals surface area contributed by atoms with Crippen molar-refractivity contribution in [3.63, 3.8) is 0 Å². The first-order valence-electron chi connectivity index (χ1n) is 6.16. The number of benzene rings is 1. The lowest BCUT2D eigenvalue weighted by atomic mass is 10.2. The van der Waals surface area contributed by atoms with E-state index >= 15 is 0 Å². The fraction of sp³-hybridized carbons (Fsp3) is 0.286. The van der Waals surface area contributed by atoms with Gasteiger partial charge in [-0.2, -0.15) is 4.98 Å². The van der Waals surface area contributed by atoms with E-state index in [1.807, 2.05) is 32.0 Å². The molecule has 0 bridgehead atoms. The van der Waals surface area contributed by atoms with Gasteiger partial charge in [0.05, 0.1) is 6.61 Å². The Balaban J connectivity index is 2.16. The molecule has 2 aromatic rings. The topological polar surface area (TPSA) is 70.3 Å². The standard InChI is InChI=1S/C14H17N3O2/c1-3-18-12-5-4-6-13(7-12)19-14-16-9-11(8-15)10(2)17-14/h4-7,9H,3,8,15H2,1-2H3. The molecule has 0 unspecified atom stereocenters. The number of nitrogens with two attached hydrogens (primary N) is 1. The highest BCUT2D eigenvalue weighted by molar-refractivity contribution is 5.34. The minimum atomic E-state index is 0.309. The molecule has 0 fully saturated rings. The fourth-order valence-electron chi connectivity index (χ4n) is 1.62. The van der Waals surface area contributed by atoms with Crippen molar-refractivity contribution < 1.29 is 9.47 Å². The third-order valence-electron chi connectivity index (χ3n) is 2.60. The largest absolute Gasteiger partial charge is 0.494 e. The highest BCUT2D eigenvalue weighted by atomic mass is 16.5. The Labute approximate surface area is 112 Å². The second-order valence-electron chi connectivity index (χ2n) is 3.98. The quantitative estimate of drug-likeness (QED) is 0.893. The number of hydrogen-bond donors (Lipinski definition) is 1. The summed E-state index contributed by atoms with van der Waals surface area (Å²) in [5.41, 5.74) is 7.31. The van der Waals surface area contributed by atoms with E-state index in [4.69, 9.17) is 15.2 Å². The normalized spacial score (nSPS) is 10.3. The first-order valence-corrected chi connectivity index (χ1v) is 6.16. The number of hydrogen-bond acceptors (Lipinski definition) is 5. The van der Waals surface area contributed by atoms with E-state index in [1.54, 1.807) is 12.3 Å². The Kier molecular flexibility index (Phi) is 4.30. The summed E-state index contributed by atoms with van der Waals surface area (Å²) in [7, 11) is 0. The third-order valence-corrected chi connectivity index (χ3v) is 2.60. The van der Waals surface area contributed by atoms with E-state index in [0.29, 0.717) is 24.9 Å². The molecule has 0 aliphatic carbocycles. The van der Waals surface area contributed by atoms with Crippen molar-refractivity contribution in [2.75, 3.05) is 6.61 Å². The van der Waals surface area contributed by atoms with Crippen molar-refractivity contribution in [2.24, 2.45) is 5.73 Å². The van der Waals surface area contributed by atoms with Crippen LogP contribution in [0.1, 0.15) is 18.2 Å². The van der Waals surface area contributed by atoms with Gasteiger partial charge in [0.15, 0.2) is 0 Å². The Morgan fingerprint density at radius 2 is 2.05 bits per heavy atom. The number of aromatic nitrogens is 2. The lowest BCUT2D eigenvalue weighted by molar-refractivity contribution is 0.337. The summed E-state index contributed by atoms with van der Waals surface area (Å²) in [5.74, 6) is 1.40. The molecular weight excluding hydrogens is 242 g/mol. The van der Waals surface area contributed by atoms with Crippen LogP contribution in [0.25, 0.3) is 0 Å². The second-order valence-corrected chi connectivity index (χ2v) is 3.98. The summed E-state index contributed by atoms with van der Waals surface area (Å²) < 4.78 is 11.0. The Bertz CT molecular complexity index is 558. The van der Waals surface area contributed by atoms with Crippen molar-refractivity contribution in [2.45, 2.75) is 20.4 Å². The molecule has 1 aromatic heterocycles. The molecule has 0 saturated carbocycles. The van der Waals surface area contributed by atoms with Crippen LogP contribution >= 0.6 is 0 Å². The Morgan fingerprint density at radius 3 is 2.74 bits per heavy atom. The van der Waals surface area contributed by atoms with Crippen LogP contribution in [0.5, 0.6) is 17.5 Å². The SMILES string of the molecule is CCOc1cccc(Oc2ncc(CN)c(C)n2)c1. The molecule has 0 atom stereocenters. The van der Waals surface area contributed by atoms with Crippen LogP contribution in [0, 0.1) is 6.92 Å². The Morgan fingerprint density at radius 1 is 1.26 bits per heavy atom. The molecule has 19 heavy (non-hydrogen) atoms. The molecule has 5 heteroatoms. The maximum Gasteiger partial charge on any atom is 0.322 e. The molecule has 0 spiro atoms. The van der Waals surface area contributed by atoms with Crippen LogP contribution in [0.3, 0.4) is 0 Å². The van der Waals surface area contributed by atoms with Crippen LogP contribution < -0.4 is 15.2 Å². The van der Waals surface area contributed by atoms with Gasteiger partial charge in [0.25, 0.3) is 0 Å². The fourth-order valence-corrected chi connectivity index (χ4v) is 1.62. The highest BCUT2D eigenvalue weighted by Gasteiger charge is 2.05. The summed E-state index contributed by atoms with van der Waals surface area (Å²) >= 11 is 0. The highest BCUT2D eigenvalue weighted by Crippen LogP contribution is 2.23. The summed E-state index contributed by atoms with van der Waals surface area (Å²) in [5, 5.41) is 0. The van der Waals surface area contributed by atoms with Gasteiger partial charge in [-0.05, 0) is 26.0 Å². The molecule has 5 nitrogen and oxygen atoms in total. The van der Waals surface area contributed by atoms with Gasteiger partial charge in [0.1, 0.15) is 11.5 Å². The van der Waals surface area contributed by atoms with E-state index in [2.05, 4.69) is 9.97 Å². The van der Waals surface area contributed by atoms with Gasteiger partial charge in [-0.1, -0.05) is 6.07 Å². The first kappa shape index (κ1) is 13.3. The zero-order valence-corrected chi connectivity index (χ0v) is 11.1. The zero-order valence-electron chi connectivity index (χ0n) is 11.1. The van der Waals surface area contributed by atoms with Crippen LogP contribution in [-0.2, 0) is 6.54 Å². The van der Waals surface area contributed by atoms with E-state index in [1.165, 1.54) is 0 Å². The molecule has 2 rings (SSSR count). The predicted octanol–water partition coefficient (Wildman–Crippen LogP) is 2.43. The van der Waals surface area contributed by atoms with Gasteiger partial charge >= 0.3 is 6.01 Å². The molecule has 1 aromatic carbocycles. The van der Waals surface area contributed by atoms with Crippen molar-refractivity contribution in [3.8, 4) is 17.5 Å². The Hall–Kier alpha value is -2.14. The van der Waals surface area contributed by atoms with Gasteiger partial charge < -0.3 is 15.2 Å². The van der Waals surface area contributed by atoms with Gasteiger partial charge in [-0.25, -0.2) is 4.98 Å². The van der Waals surface area contributed by atoms with Crippen LogP contribution in [0.15, 0.2) is 30.5 Å². The monoisotopic (exact) mass is 259 g/mol. The van der Waals surface area contributed by atoms with Crippen LogP contribution in [0.4, 0.5) is 0 Å². The average molecular weight is 259 g/mol. The minimum absolute atomic E-state index is 0.309. The van der Waals surface area contributed by atoms with E-state index in [9.17, 15) is 0 Å².